The number of thiazole rings is 1. The fraction of sp³-hybridized carbons (Fsp3) is 0.333. The fourth-order valence-electron chi connectivity index (χ4n) is 2.99. The van der Waals surface area contributed by atoms with Crippen molar-refractivity contribution >= 4 is 17.2 Å². The topological polar surface area (TPSA) is 45.2 Å². The molecule has 0 aliphatic rings. The second-order valence-electron chi connectivity index (χ2n) is 8.03. The van der Waals surface area contributed by atoms with Crippen LogP contribution in [0.3, 0.4) is 0 Å². The molecule has 0 saturated heterocycles. The van der Waals surface area contributed by atoms with Gasteiger partial charge in [-0.3, -0.25) is 9.69 Å². The normalized spacial score (nSPS) is 12.4. The van der Waals surface area contributed by atoms with Crippen LogP contribution in [0, 0.1) is 17.6 Å². The molecule has 0 saturated carbocycles. The molecule has 0 bridgehead atoms. The monoisotopic (exact) mass is 443 g/mol. The van der Waals surface area contributed by atoms with Gasteiger partial charge in [0.2, 0.25) is 0 Å². The van der Waals surface area contributed by atoms with Gasteiger partial charge in [-0.2, -0.15) is 0 Å². The average molecular weight is 444 g/mol. The summed E-state index contributed by atoms with van der Waals surface area (Å²) in [5, 5.41) is 5.55. The van der Waals surface area contributed by atoms with Crippen molar-refractivity contribution in [3.63, 3.8) is 0 Å². The van der Waals surface area contributed by atoms with Gasteiger partial charge in [0, 0.05) is 24.5 Å². The molecule has 0 radical (unpaired) electrons. The van der Waals surface area contributed by atoms with E-state index >= 15 is 0 Å². The van der Waals surface area contributed by atoms with Crippen LogP contribution in [0.15, 0.2) is 53.9 Å². The number of amides is 1. The Morgan fingerprint density at radius 3 is 1.94 bits per heavy atom. The first-order valence-electron chi connectivity index (χ1n) is 10.3. The fourth-order valence-corrected chi connectivity index (χ4v) is 3.81. The van der Waals surface area contributed by atoms with Gasteiger partial charge in [0.1, 0.15) is 22.3 Å². The van der Waals surface area contributed by atoms with Crippen molar-refractivity contribution in [2.75, 3.05) is 0 Å². The minimum Gasteiger partial charge on any atom is -0.348 e. The molecule has 4 nitrogen and oxygen atoms in total. The number of hydrogen-bond donors (Lipinski definition) is 1. The number of hydrogen-bond acceptors (Lipinski definition) is 4. The van der Waals surface area contributed by atoms with Crippen LogP contribution in [0.1, 0.15) is 47.4 Å². The molecule has 0 aliphatic carbocycles. The molecule has 7 heteroatoms. The number of rotatable bonds is 9. The molecule has 1 atom stereocenters. The summed E-state index contributed by atoms with van der Waals surface area (Å²) >= 11 is 1.43. The molecule has 3 rings (SSSR count). The van der Waals surface area contributed by atoms with Crippen molar-refractivity contribution in [2.45, 2.75) is 46.4 Å². The molecule has 31 heavy (non-hydrogen) atoms. The molecular weight excluding hydrogens is 416 g/mol. The van der Waals surface area contributed by atoms with Gasteiger partial charge >= 0.3 is 0 Å². The highest BCUT2D eigenvalue weighted by Crippen LogP contribution is 2.18. The lowest BCUT2D eigenvalue weighted by Crippen LogP contribution is -2.36. The van der Waals surface area contributed by atoms with Crippen molar-refractivity contribution in [3.05, 3.63) is 87.4 Å². The first-order chi connectivity index (χ1) is 14.8. The molecule has 2 aromatic carbocycles. The standard InChI is InChI=1S/C24H27F2N3OS/c1-16(2)17(3)27-24(30)22-15-31-23(28-22)14-29(12-18-4-8-20(25)9-5-18)13-19-6-10-21(26)11-7-19/h4-11,15-17H,12-14H2,1-3H3,(H,27,30). The van der Waals surface area contributed by atoms with E-state index in [0.29, 0.717) is 31.2 Å². The Morgan fingerprint density at radius 1 is 0.935 bits per heavy atom. The number of nitrogens with zero attached hydrogens (tertiary/aromatic N) is 2. The van der Waals surface area contributed by atoms with E-state index in [9.17, 15) is 13.6 Å². The Morgan fingerprint density at radius 2 is 1.45 bits per heavy atom. The zero-order valence-corrected chi connectivity index (χ0v) is 18.8. The summed E-state index contributed by atoms with van der Waals surface area (Å²) in [5.74, 6) is -0.392. The van der Waals surface area contributed by atoms with E-state index in [1.54, 1.807) is 29.6 Å². The van der Waals surface area contributed by atoms with Crippen molar-refractivity contribution in [2.24, 2.45) is 5.92 Å². The third-order valence-corrected chi connectivity index (χ3v) is 5.97. The Labute approximate surface area is 185 Å². The second kappa shape index (κ2) is 10.6. The summed E-state index contributed by atoms with van der Waals surface area (Å²) in [6.07, 6.45) is 0. The predicted octanol–water partition coefficient (Wildman–Crippen LogP) is 5.40. The summed E-state index contributed by atoms with van der Waals surface area (Å²) in [4.78, 5) is 19.1. The lowest BCUT2D eigenvalue weighted by Gasteiger charge is -2.21. The van der Waals surface area contributed by atoms with Gasteiger partial charge in [-0.05, 0) is 48.2 Å². The van der Waals surface area contributed by atoms with Crippen LogP contribution in [-0.2, 0) is 19.6 Å². The average Bonchev–Trinajstić information content (AvgIpc) is 3.20. The number of carbonyl (C=O) groups is 1. The third-order valence-electron chi connectivity index (χ3n) is 5.14. The maximum atomic E-state index is 13.3. The van der Waals surface area contributed by atoms with Crippen LogP contribution in [-0.4, -0.2) is 21.8 Å². The summed E-state index contributed by atoms with van der Waals surface area (Å²) in [5.41, 5.74) is 2.34. The molecule has 0 aliphatic heterocycles. The van der Waals surface area contributed by atoms with Crippen LogP contribution in [0.4, 0.5) is 8.78 Å². The van der Waals surface area contributed by atoms with E-state index in [0.717, 1.165) is 16.1 Å². The molecule has 1 heterocycles. The Bertz CT molecular complexity index is 939. The van der Waals surface area contributed by atoms with Crippen LogP contribution in [0.25, 0.3) is 0 Å². The van der Waals surface area contributed by atoms with E-state index in [-0.39, 0.29) is 23.6 Å². The van der Waals surface area contributed by atoms with Gasteiger partial charge in [0.15, 0.2) is 0 Å². The van der Waals surface area contributed by atoms with Crippen molar-refractivity contribution in [1.82, 2.24) is 15.2 Å². The van der Waals surface area contributed by atoms with Crippen LogP contribution in [0.5, 0.6) is 0 Å². The van der Waals surface area contributed by atoms with E-state index in [1.807, 2.05) is 6.92 Å². The van der Waals surface area contributed by atoms with Gasteiger partial charge in [0.05, 0.1) is 6.54 Å². The molecular formula is C24H27F2N3OS. The SMILES string of the molecule is CC(C)C(C)NC(=O)c1csc(CN(Cc2ccc(F)cc2)Cc2ccc(F)cc2)n1. The lowest BCUT2D eigenvalue weighted by atomic mass is 10.1. The Kier molecular flexibility index (Phi) is 7.87. The number of halogens is 2. The van der Waals surface area contributed by atoms with E-state index in [2.05, 4.69) is 29.0 Å². The van der Waals surface area contributed by atoms with Crippen molar-refractivity contribution < 1.29 is 13.6 Å². The highest BCUT2D eigenvalue weighted by atomic mass is 32.1. The second-order valence-corrected chi connectivity index (χ2v) is 8.97. The van der Waals surface area contributed by atoms with Crippen molar-refractivity contribution in [3.8, 4) is 0 Å². The van der Waals surface area contributed by atoms with Gasteiger partial charge < -0.3 is 5.32 Å². The van der Waals surface area contributed by atoms with Gasteiger partial charge in [-0.1, -0.05) is 38.1 Å². The zero-order chi connectivity index (χ0) is 22.4. The highest BCUT2D eigenvalue weighted by molar-refractivity contribution is 7.09. The largest absolute Gasteiger partial charge is 0.348 e. The van der Waals surface area contributed by atoms with Crippen molar-refractivity contribution in [1.29, 1.82) is 0 Å². The molecule has 0 fully saturated rings. The van der Waals surface area contributed by atoms with Crippen LogP contribution in [0.2, 0.25) is 0 Å². The summed E-state index contributed by atoms with van der Waals surface area (Å²) in [6.45, 7) is 7.75. The van der Waals surface area contributed by atoms with E-state index < -0.39 is 0 Å². The first-order valence-corrected chi connectivity index (χ1v) is 11.1. The highest BCUT2D eigenvalue weighted by Gasteiger charge is 2.17. The van der Waals surface area contributed by atoms with Crippen LogP contribution < -0.4 is 5.32 Å². The predicted molar refractivity (Wildman–Crippen MR) is 120 cm³/mol. The van der Waals surface area contributed by atoms with Gasteiger partial charge in [-0.15, -0.1) is 11.3 Å². The minimum atomic E-state index is -0.278. The number of nitrogens with one attached hydrogen (secondary N) is 1. The number of aromatic nitrogens is 1. The summed E-state index contributed by atoms with van der Waals surface area (Å²) in [7, 11) is 0. The van der Waals surface area contributed by atoms with E-state index in [4.69, 9.17) is 0 Å². The molecule has 1 aromatic heterocycles. The number of carbonyl (C=O) groups excluding carboxylic acids is 1. The zero-order valence-electron chi connectivity index (χ0n) is 17.9. The maximum absolute atomic E-state index is 13.3. The minimum absolute atomic E-state index is 0.0612. The summed E-state index contributed by atoms with van der Waals surface area (Å²) in [6, 6.07) is 12.8. The molecule has 1 unspecified atom stereocenters. The van der Waals surface area contributed by atoms with E-state index in [1.165, 1.54) is 35.6 Å². The smallest absolute Gasteiger partial charge is 0.270 e. The Hall–Kier alpha value is -2.64. The maximum Gasteiger partial charge on any atom is 0.270 e. The van der Waals surface area contributed by atoms with Crippen LogP contribution >= 0.6 is 11.3 Å². The molecule has 1 N–H and O–H groups in total. The molecule has 1 amide bonds. The van der Waals surface area contributed by atoms with Gasteiger partial charge in [0.25, 0.3) is 5.91 Å². The van der Waals surface area contributed by atoms with Gasteiger partial charge in [-0.25, -0.2) is 13.8 Å². The molecule has 0 spiro atoms. The molecule has 164 valence electrons. The first kappa shape index (κ1) is 23.0. The quantitative estimate of drug-likeness (QED) is 0.482. The molecule has 3 aromatic rings. The third kappa shape index (κ3) is 6.94. The number of benzene rings is 2. The summed E-state index contributed by atoms with van der Waals surface area (Å²) < 4.78 is 26.6. The lowest BCUT2D eigenvalue weighted by molar-refractivity contribution is 0.0925. The Balaban J connectivity index is 1.73.